The van der Waals surface area contributed by atoms with E-state index in [-0.39, 0.29) is 24.4 Å². The quantitative estimate of drug-likeness (QED) is 0.637. The zero-order chi connectivity index (χ0) is 11.8. The molecule has 0 bridgehead atoms. The molecule has 1 atom stereocenters. The lowest BCUT2D eigenvalue weighted by Gasteiger charge is -2.23. The fourth-order valence-corrected chi connectivity index (χ4v) is 1.25. The second-order valence-corrected chi connectivity index (χ2v) is 3.47. The Morgan fingerprint density at radius 2 is 2.07 bits per heavy atom. The van der Waals surface area contributed by atoms with Crippen LogP contribution in [-0.4, -0.2) is 48.7 Å². The van der Waals surface area contributed by atoms with Gasteiger partial charge in [-0.2, -0.15) is 0 Å². The summed E-state index contributed by atoms with van der Waals surface area (Å²) in [5.74, 6) is -0.762. The molecule has 0 saturated heterocycles. The standard InChI is InChI=1S/C10H19NO4/c1-8(10(14)15-3)7-11(9(2)13)5-4-6-12/h8,12H,4-7H2,1-3H3. The van der Waals surface area contributed by atoms with E-state index >= 15 is 0 Å². The summed E-state index contributed by atoms with van der Waals surface area (Å²) < 4.78 is 4.57. The number of esters is 1. The SMILES string of the molecule is COC(=O)C(C)CN(CCCO)C(C)=O. The lowest BCUT2D eigenvalue weighted by molar-refractivity contribution is -0.146. The van der Waals surface area contributed by atoms with Gasteiger partial charge in [0.2, 0.25) is 5.91 Å². The molecule has 0 aliphatic heterocycles. The Morgan fingerprint density at radius 3 is 2.47 bits per heavy atom. The molecule has 88 valence electrons. The molecule has 0 fully saturated rings. The van der Waals surface area contributed by atoms with Crippen molar-refractivity contribution in [1.82, 2.24) is 4.90 Å². The molecule has 0 saturated carbocycles. The van der Waals surface area contributed by atoms with Gasteiger partial charge in [-0.1, -0.05) is 6.92 Å². The van der Waals surface area contributed by atoms with Crippen molar-refractivity contribution in [2.24, 2.45) is 5.92 Å². The fourth-order valence-electron chi connectivity index (χ4n) is 1.25. The van der Waals surface area contributed by atoms with Gasteiger partial charge in [0.25, 0.3) is 0 Å². The van der Waals surface area contributed by atoms with Gasteiger partial charge in [-0.15, -0.1) is 0 Å². The molecule has 5 nitrogen and oxygen atoms in total. The second kappa shape index (κ2) is 7.23. The van der Waals surface area contributed by atoms with Crippen LogP contribution in [0.2, 0.25) is 0 Å². The van der Waals surface area contributed by atoms with Crippen LogP contribution in [0.5, 0.6) is 0 Å². The van der Waals surface area contributed by atoms with Gasteiger partial charge in [0.1, 0.15) is 0 Å². The van der Waals surface area contributed by atoms with Crippen LogP contribution in [0.1, 0.15) is 20.3 Å². The molecule has 0 rings (SSSR count). The highest BCUT2D eigenvalue weighted by atomic mass is 16.5. The predicted molar refractivity (Wildman–Crippen MR) is 55.1 cm³/mol. The summed E-state index contributed by atoms with van der Waals surface area (Å²) in [5, 5.41) is 8.66. The highest BCUT2D eigenvalue weighted by Gasteiger charge is 2.18. The number of carbonyl (C=O) groups is 2. The van der Waals surface area contributed by atoms with Gasteiger partial charge >= 0.3 is 5.97 Å². The Hall–Kier alpha value is -1.10. The molecule has 1 amide bonds. The molecule has 0 aliphatic carbocycles. The van der Waals surface area contributed by atoms with E-state index in [1.54, 1.807) is 6.92 Å². The summed E-state index contributed by atoms with van der Waals surface area (Å²) in [4.78, 5) is 23.9. The Kier molecular flexibility index (Phi) is 6.70. The summed E-state index contributed by atoms with van der Waals surface area (Å²) in [7, 11) is 1.32. The molecule has 0 heterocycles. The van der Waals surface area contributed by atoms with Gasteiger partial charge in [-0.3, -0.25) is 9.59 Å². The van der Waals surface area contributed by atoms with Crippen LogP contribution in [0, 0.1) is 5.92 Å². The fraction of sp³-hybridized carbons (Fsp3) is 0.800. The van der Waals surface area contributed by atoms with Gasteiger partial charge < -0.3 is 14.7 Å². The normalized spacial score (nSPS) is 12.0. The van der Waals surface area contributed by atoms with Gasteiger partial charge in [0.05, 0.1) is 13.0 Å². The van der Waals surface area contributed by atoms with E-state index < -0.39 is 0 Å². The van der Waals surface area contributed by atoms with Crippen LogP contribution in [0.15, 0.2) is 0 Å². The Morgan fingerprint density at radius 1 is 1.47 bits per heavy atom. The molecule has 0 aromatic rings. The first kappa shape index (κ1) is 13.9. The summed E-state index contributed by atoms with van der Waals surface area (Å²) >= 11 is 0. The third-order valence-electron chi connectivity index (χ3n) is 2.13. The Bertz CT molecular complexity index is 217. The third kappa shape index (κ3) is 5.37. The van der Waals surface area contributed by atoms with Crippen LogP contribution < -0.4 is 0 Å². The summed E-state index contributed by atoms with van der Waals surface area (Å²) in [6.07, 6.45) is 0.521. The lowest BCUT2D eigenvalue weighted by atomic mass is 10.1. The van der Waals surface area contributed by atoms with Crippen molar-refractivity contribution in [2.45, 2.75) is 20.3 Å². The van der Waals surface area contributed by atoms with Crippen LogP contribution in [0.4, 0.5) is 0 Å². The maximum absolute atomic E-state index is 11.2. The Balaban J connectivity index is 4.15. The first-order valence-electron chi connectivity index (χ1n) is 4.97. The van der Waals surface area contributed by atoms with Crippen molar-refractivity contribution in [3.05, 3.63) is 0 Å². The van der Waals surface area contributed by atoms with Gasteiger partial charge in [-0.25, -0.2) is 0 Å². The first-order valence-corrected chi connectivity index (χ1v) is 4.97. The second-order valence-electron chi connectivity index (χ2n) is 3.47. The minimum absolute atomic E-state index is 0.0381. The van der Waals surface area contributed by atoms with E-state index in [0.29, 0.717) is 19.5 Å². The number of hydrogen-bond acceptors (Lipinski definition) is 4. The summed E-state index contributed by atoms with van der Waals surface area (Å²) in [6.45, 7) is 3.99. The maximum Gasteiger partial charge on any atom is 0.310 e. The van der Waals surface area contributed by atoms with Crippen molar-refractivity contribution in [3.63, 3.8) is 0 Å². The average Bonchev–Trinajstić information content (AvgIpc) is 2.22. The number of nitrogens with zero attached hydrogens (tertiary/aromatic N) is 1. The summed E-state index contributed by atoms with van der Waals surface area (Å²) in [5.41, 5.74) is 0. The molecule has 0 radical (unpaired) electrons. The highest BCUT2D eigenvalue weighted by Crippen LogP contribution is 2.03. The molecule has 5 heteroatoms. The molecule has 0 spiro atoms. The van der Waals surface area contributed by atoms with E-state index in [2.05, 4.69) is 4.74 Å². The zero-order valence-electron chi connectivity index (χ0n) is 9.52. The molecule has 0 aliphatic rings. The van der Waals surface area contributed by atoms with E-state index in [4.69, 9.17) is 5.11 Å². The molecular formula is C10H19NO4. The largest absolute Gasteiger partial charge is 0.469 e. The first-order chi connectivity index (χ1) is 7.02. The van der Waals surface area contributed by atoms with Crippen molar-refractivity contribution in [3.8, 4) is 0 Å². The monoisotopic (exact) mass is 217 g/mol. The number of hydrogen-bond donors (Lipinski definition) is 1. The zero-order valence-corrected chi connectivity index (χ0v) is 9.52. The molecule has 1 N–H and O–H groups in total. The highest BCUT2D eigenvalue weighted by molar-refractivity contribution is 5.76. The number of rotatable bonds is 6. The molecule has 1 unspecified atom stereocenters. The van der Waals surface area contributed by atoms with Crippen LogP contribution in [-0.2, 0) is 14.3 Å². The summed E-state index contributed by atoms with van der Waals surface area (Å²) in [6, 6.07) is 0. The van der Waals surface area contributed by atoms with Gasteiger partial charge in [-0.05, 0) is 6.42 Å². The number of ether oxygens (including phenoxy) is 1. The van der Waals surface area contributed by atoms with Gasteiger partial charge in [0.15, 0.2) is 0 Å². The number of carbonyl (C=O) groups excluding carboxylic acids is 2. The number of aliphatic hydroxyl groups is 1. The Labute approximate surface area is 90.0 Å². The topological polar surface area (TPSA) is 66.8 Å². The third-order valence-corrected chi connectivity index (χ3v) is 2.13. The van der Waals surface area contributed by atoms with E-state index in [1.165, 1.54) is 18.9 Å². The molecule has 0 aromatic heterocycles. The smallest absolute Gasteiger partial charge is 0.310 e. The minimum Gasteiger partial charge on any atom is -0.469 e. The molecular weight excluding hydrogens is 198 g/mol. The molecule has 0 aromatic carbocycles. The number of aliphatic hydroxyl groups excluding tert-OH is 1. The van der Waals surface area contributed by atoms with E-state index in [0.717, 1.165) is 0 Å². The average molecular weight is 217 g/mol. The predicted octanol–water partition coefficient (Wildman–Crippen LogP) is 0.0264. The van der Waals surface area contributed by atoms with Crippen LogP contribution in [0.25, 0.3) is 0 Å². The number of methoxy groups -OCH3 is 1. The van der Waals surface area contributed by atoms with Crippen LogP contribution >= 0.6 is 0 Å². The lowest BCUT2D eigenvalue weighted by Crippen LogP contribution is -2.36. The van der Waals surface area contributed by atoms with Gasteiger partial charge in [0, 0.05) is 26.6 Å². The van der Waals surface area contributed by atoms with Crippen molar-refractivity contribution in [1.29, 1.82) is 0 Å². The molecule has 15 heavy (non-hydrogen) atoms. The minimum atomic E-state index is -0.336. The van der Waals surface area contributed by atoms with Crippen molar-refractivity contribution in [2.75, 3.05) is 26.8 Å². The van der Waals surface area contributed by atoms with Crippen molar-refractivity contribution < 1.29 is 19.4 Å². The number of amides is 1. The van der Waals surface area contributed by atoms with E-state index in [1.807, 2.05) is 0 Å². The maximum atomic E-state index is 11.2. The van der Waals surface area contributed by atoms with Crippen LogP contribution in [0.3, 0.4) is 0 Å². The van der Waals surface area contributed by atoms with Crippen molar-refractivity contribution >= 4 is 11.9 Å². The van der Waals surface area contributed by atoms with E-state index in [9.17, 15) is 9.59 Å².